The highest BCUT2D eigenvalue weighted by Crippen LogP contribution is 2.30. The fraction of sp³-hybridized carbons (Fsp3) is 0.522. The maximum absolute atomic E-state index is 12.8. The van der Waals surface area contributed by atoms with Crippen molar-refractivity contribution < 1.29 is 26.3 Å². The molecule has 204 valence electrons. The topological polar surface area (TPSA) is 157 Å². The molecule has 0 aliphatic rings. The van der Waals surface area contributed by atoms with Crippen molar-refractivity contribution >= 4 is 32.8 Å². The summed E-state index contributed by atoms with van der Waals surface area (Å²) in [5.41, 5.74) is 2.47. The summed E-state index contributed by atoms with van der Waals surface area (Å²) in [6, 6.07) is 6.87. The molecule has 1 aromatic carbocycles. The van der Waals surface area contributed by atoms with E-state index in [2.05, 4.69) is 40.8 Å². The number of ether oxygens (including phenoxy) is 1. The number of carbonyl (C=O) groups excluding carboxylic acids is 1. The summed E-state index contributed by atoms with van der Waals surface area (Å²) >= 11 is -1.95. The van der Waals surface area contributed by atoms with E-state index in [0.717, 1.165) is 17.5 Å². The van der Waals surface area contributed by atoms with Gasteiger partial charge in [0.15, 0.2) is 29.1 Å². The van der Waals surface area contributed by atoms with Gasteiger partial charge in [0.05, 0.1) is 6.26 Å². The highest BCUT2D eigenvalue weighted by molar-refractivity contribution is 7.89. The van der Waals surface area contributed by atoms with Gasteiger partial charge in [-0.15, -0.1) is 10.2 Å². The highest BCUT2D eigenvalue weighted by atomic mass is 32.2. The first-order valence-corrected chi connectivity index (χ1v) is 14.7. The third-order valence-corrected chi connectivity index (χ3v) is 6.86. The van der Waals surface area contributed by atoms with Crippen molar-refractivity contribution in [3.05, 3.63) is 41.3 Å². The second kappa shape index (κ2) is 11.2. The number of nitrogens with one attached hydrogen (secondary N) is 3. The number of hydrogen-bond acceptors (Lipinski definition) is 8. The molecule has 0 saturated heterocycles. The van der Waals surface area contributed by atoms with Gasteiger partial charge in [-0.3, -0.25) is 14.6 Å². The lowest BCUT2D eigenvalue weighted by molar-refractivity contribution is -0.125. The van der Waals surface area contributed by atoms with Gasteiger partial charge in [-0.2, -0.15) is 4.21 Å². The first-order chi connectivity index (χ1) is 17.2. The predicted molar refractivity (Wildman–Crippen MR) is 140 cm³/mol. The summed E-state index contributed by atoms with van der Waals surface area (Å²) in [6.45, 7) is 11.8. The maximum Gasteiger partial charge on any atom is 0.288 e. The van der Waals surface area contributed by atoms with Crippen molar-refractivity contribution in [1.29, 1.82) is 0 Å². The van der Waals surface area contributed by atoms with E-state index >= 15 is 0 Å². The molecule has 1 amide bonds. The minimum absolute atomic E-state index is 0.0795. The summed E-state index contributed by atoms with van der Waals surface area (Å²) in [4.78, 5) is 12.1. The smallest absolute Gasteiger partial charge is 0.288 e. The average molecular weight is 555 g/mol. The van der Waals surface area contributed by atoms with Gasteiger partial charge in [0, 0.05) is 29.6 Å². The van der Waals surface area contributed by atoms with E-state index in [4.69, 9.17) is 8.92 Å². The van der Waals surface area contributed by atoms with Gasteiger partial charge < -0.3 is 8.92 Å². The zero-order valence-corrected chi connectivity index (χ0v) is 23.6. The van der Waals surface area contributed by atoms with Gasteiger partial charge in [-0.25, -0.2) is 17.7 Å². The van der Waals surface area contributed by atoms with E-state index in [0.29, 0.717) is 24.4 Å². The maximum atomic E-state index is 12.8. The van der Waals surface area contributed by atoms with Crippen molar-refractivity contribution in [2.24, 2.45) is 0 Å². The summed E-state index contributed by atoms with van der Waals surface area (Å²) in [7, 11) is -3.74. The SMILES string of the molecule is CCC(CNS(=O)Oc1cc(C)ccc1OC(C)C(=O)NS(C)(=O)=O)c1nnc2cc(C(C)(C)C)[nH]n12. The Morgan fingerprint density at radius 3 is 2.54 bits per heavy atom. The van der Waals surface area contributed by atoms with Crippen LogP contribution in [-0.4, -0.2) is 57.2 Å². The standard InChI is InChI=1S/C23H34N6O6S2/c1-8-16(21-26-25-20-12-19(23(4,5)6)27-29(20)21)13-24-36(31)35-18-11-14(2)9-10-17(18)34-15(3)22(30)28-37(7,32)33/h9-12,15-16,24,27H,8,13H2,1-7H3,(H,28,30). The van der Waals surface area contributed by atoms with Crippen LogP contribution < -0.4 is 18.4 Å². The fourth-order valence-corrected chi connectivity index (χ4v) is 4.65. The van der Waals surface area contributed by atoms with Crippen LogP contribution >= 0.6 is 0 Å². The van der Waals surface area contributed by atoms with Gasteiger partial charge in [0.1, 0.15) is 0 Å². The number of hydrogen-bond donors (Lipinski definition) is 3. The molecule has 3 aromatic rings. The zero-order valence-electron chi connectivity index (χ0n) is 22.0. The highest BCUT2D eigenvalue weighted by Gasteiger charge is 2.24. The molecule has 14 heteroatoms. The number of rotatable bonds is 11. The Morgan fingerprint density at radius 1 is 1.22 bits per heavy atom. The number of aromatic nitrogens is 4. The first-order valence-electron chi connectivity index (χ1n) is 11.7. The molecule has 37 heavy (non-hydrogen) atoms. The van der Waals surface area contributed by atoms with Gasteiger partial charge in [0.25, 0.3) is 17.2 Å². The molecule has 0 radical (unpaired) electrons. The van der Waals surface area contributed by atoms with Crippen LogP contribution in [0.25, 0.3) is 5.65 Å². The number of amides is 1. The predicted octanol–water partition coefficient (Wildman–Crippen LogP) is 2.25. The van der Waals surface area contributed by atoms with Gasteiger partial charge in [-0.05, 0) is 38.0 Å². The van der Waals surface area contributed by atoms with Crippen LogP contribution in [0.15, 0.2) is 24.3 Å². The molecule has 3 rings (SSSR count). The van der Waals surface area contributed by atoms with Crippen molar-refractivity contribution in [3.8, 4) is 11.5 Å². The van der Waals surface area contributed by atoms with E-state index in [-0.39, 0.29) is 22.8 Å². The molecule has 3 unspecified atom stereocenters. The molecule has 2 aromatic heterocycles. The van der Waals surface area contributed by atoms with Crippen molar-refractivity contribution in [1.82, 2.24) is 29.3 Å². The molecule has 0 fully saturated rings. The van der Waals surface area contributed by atoms with Crippen molar-refractivity contribution in [2.45, 2.75) is 65.4 Å². The molecular formula is C23H34N6O6S2. The van der Waals surface area contributed by atoms with Crippen LogP contribution in [0.2, 0.25) is 0 Å². The number of H-pyrrole nitrogens is 1. The summed E-state index contributed by atoms with van der Waals surface area (Å²) in [5.74, 6) is 0.0495. The fourth-order valence-electron chi connectivity index (χ4n) is 3.43. The Labute approximate surface area is 219 Å². The Hall–Kier alpha value is -2.97. The van der Waals surface area contributed by atoms with Gasteiger partial charge in [-0.1, -0.05) is 33.8 Å². The third kappa shape index (κ3) is 7.52. The van der Waals surface area contributed by atoms with Crippen LogP contribution in [0.4, 0.5) is 0 Å². The van der Waals surface area contributed by atoms with Crippen LogP contribution in [0, 0.1) is 6.92 Å². The lowest BCUT2D eigenvalue weighted by Crippen LogP contribution is -2.39. The van der Waals surface area contributed by atoms with Crippen LogP contribution in [0.3, 0.4) is 0 Å². The first kappa shape index (κ1) is 28.6. The molecule has 3 atom stereocenters. The Morgan fingerprint density at radius 2 is 1.92 bits per heavy atom. The Kier molecular flexibility index (Phi) is 8.65. The molecule has 0 saturated carbocycles. The minimum atomic E-state index is -3.74. The number of aryl methyl sites for hydroxylation is 1. The normalized spacial score (nSPS) is 14.8. The lowest BCUT2D eigenvalue weighted by atomic mass is 9.93. The zero-order chi connectivity index (χ0) is 27.5. The van der Waals surface area contributed by atoms with E-state index in [1.54, 1.807) is 18.2 Å². The van der Waals surface area contributed by atoms with E-state index in [1.165, 1.54) is 6.92 Å². The quantitative estimate of drug-likeness (QED) is 0.326. The van der Waals surface area contributed by atoms with Crippen molar-refractivity contribution in [3.63, 3.8) is 0 Å². The molecule has 0 bridgehead atoms. The molecule has 12 nitrogen and oxygen atoms in total. The third-order valence-electron chi connectivity index (χ3n) is 5.56. The Bertz CT molecular complexity index is 1390. The van der Waals surface area contributed by atoms with Gasteiger partial charge >= 0.3 is 0 Å². The molecule has 2 heterocycles. The monoisotopic (exact) mass is 554 g/mol. The molecule has 0 spiro atoms. The van der Waals surface area contributed by atoms with Crippen LogP contribution in [0.5, 0.6) is 11.5 Å². The van der Waals surface area contributed by atoms with Crippen LogP contribution in [-0.2, 0) is 31.5 Å². The number of fused-ring (bicyclic) bond motifs is 1. The molecule has 3 N–H and O–H groups in total. The molecule has 0 aliphatic carbocycles. The lowest BCUT2D eigenvalue weighted by Gasteiger charge is -2.18. The Balaban J connectivity index is 1.69. The minimum Gasteiger partial charge on any atom is -0.477 e. The number of benzene rings is 1. The number of aromatic amines is 1. The summed E-state index contributed by atoms with van der Waals surface area (Å²) < 4.78 is 53.2. The molecular weight excluding hydrogens is 520 g/mol. The number of sulfonamides is 1. The van der Waals surface area contributed by atoms with Crippen LogP contribution in [0.1, 0.15) is 64.0 Å². The largest absolute Gasteiger partial charge is 0.477 e. The number of carbonyl (C=O) groups is 1. The van der Waals surface area contributed by atoms with E-state index < -0.39 is 33.3 Å². The molecule has 0 aliphatic heterocycles. The van der Waals surface area contributed by atoms with E-state index in [9.17, 15) is 17.4 Å². The second-order valence-electron chi connectivity index (χ2n) is 9.89. The average Bonchev–Trinajstić information content (AvgIpc) is 3.36. The summed E-state index contributed by atoms with van der Waals surface area (Å²) in [6.07, 6.45) is 0.445. The van der Waals surface area contributed by atoms with Crippen molar-refractivity contribution in [2.75, 3.05) is 12.8 Å². The van der Waals surface area contributed by atoms with Gasteiger partial charge in [0.2, 0.25) is 10.0 Å². The second-order valence-corrected chi connectivity index (χ2v) is 12.6. The van der Waals surface area contributed by atoms with E-state index in [1.807, 2.05) is 29.2 Å². The summed E-state index contributed by atoms with van der Waals surface area (Å²) in [5, 5.41) is 11.9. The number of nitrogens with zero attached hydrogens (tertiary/aromatic N) is 3.